The lowest BCUT2D eigenvalue weighted by molar-refractivity contribution is -0.115. The molecule has 0 unspecified atom stereocenters. The highest BCUT2D eigenvalue weighted by Gasteiger charge is 2.11. The van der Waals surface area contributed by atoms with Gasteiger partial charge in [0.05, 0.1) is 12.1 Å². The Kier molecular flexibility index (Phi) is 3.96. The van der Waals surface area contributed by atoms with Gasteiger partial charge >= 0.3 is 0 Å². The zero-order chi connectivity index (χ0) is 15.4. The Labute approximate surface area is 128 Å². The molecule has 0 saturated carbocycles. The van der Waals surface area contributed by atoms with Crippen molar-refractivity contribution in [1.82, 2.24) is 14.8 Å². The van der Waals surface area contributed by atoms with Crippen LogP contribution in [-0.4, -0.2) is 20.7 Å². The summed E-state index contributed by atoms with van der Waals surface area (Å²) in [6, 6.07) is 13.3. The van der Waals surface area contributed by atoms with Crippen LogP contribution in [0.3, 0.4) is 0 Å². The van der Waals surface area contributed by atoms with Crippen LogP contribution in [0, 0.1) is 6.92 Å². The molecule has 0 fully saturated rings. The van der Waals surface area contributed by atoms with Crippen LogP contribution in [0.5, 0.6) is 0 Å². The first-order chi connectivity index (χ1) is 10.7. The molecule has 5 nitrogen and oxygen atoms in total. The first kappa shape index (κ1) is 14.0. The van der Waals surface area contributed by atoms with Gasteiger partial charge in [-0.3, -0.25) is 4.79 Å². The summed E-state index contributed by atoms with van der Waals surface area (Å²) in [5.41, 5.74) is 2.77. The van der Waals surface area contributed by atoms with E-state index < -0.39 is 0 Å². The van der Waals surface area contributed by atoms with Gasteiger partial charge in [-0.25, -0.2) is 9.67 Å². The van der Waals surface area contributed by atoms with Crippen molar-refractivity contribution in [3.8, 4) is 5.82 Å². The third-order valence-corrected chi connectivity index (χ3v) is 3.39. The quantitative estimate of drug-likeness (QED) is 0.804. The van der Waals surface area contributed by atoms with E-state index in [0.29, 0.717) is 17.9 Å². The van der Waals surface area contributed by atoms with Crippen LogP contribution in [0.25, 0.3) is 5.82 Å². The zero-order valence-electron chi connectivity index (χ0n) is 12.2. The molecule has 1 N–H and O–H groups in total. The normalized spacial score (nSPS) is 10.4. The van der Waals surface area contributed by atoms with E-state index in [4.69, 9.17) is 0 Å². The lowest BCUT2D eigenvalue weighted by atomic mass is 10.1. The van der Waals surface area contributed by atoms with Crippen LogP contribution in [0.1, 0.15) is 11.1 Å². The van der Waals surface area contributed by atoms with Crippen molar-refractivity contribution in [3.05, 3.63) is 72.2 Å². The van der Waals surface area contributed by atoms with Gasteiger partial charge in [-0.15, -0.1) is 0 Å². The molecule has 3 rings (SSSR count). The highest BCUT2D eigenvalue weighted by atomic mass is 16.1. The monoisotopic (exact) mass is 292 g/mol. The summed E-state index contributed by atoms with van der Waals surface area (Å²) in [6.07, 6.45) is 5.47. The maximum absolute atomic E-state index is 12.3. The summed E-state index contributed by atoms with van der Waals surface area (Å²) < 4.78 is 1.63. The van der Waals surface area contributed by atoms with E-state index in [2.05, 4.69) is 15.4 Å². The molecule has 0 radical (unpaired) electrons. The fourth-order valence-electron chi connectivity index (χ4n) is 2.25. The fraction of sp³-hybridized carbons (Fsp3) is 0.118. The van der Waals surface area contributed by atoms with Crippen LogP contribution in [0.15, 0.2) is 61.1 Å². The Hall–Kier alpha value is -2.95. The lowest BCUT2D eigenvalue weighted by Crippen LogP contribution is -2.17. The molecule has 110 valence electrons. The number of benzene rings is 1. The largest absolute Gasteiger partial charge is 0.323 e. The van der Waals surface area contributed by atoms with Gasteiger partial charge in [0.25, 0.3) is 0 Å². The number of hydrogen-bond acceptors (Lipinski definition) is 3. The second-order valence-corrected chi connectivity index (χ2v) is 4.98. The van der Waals surface area contributed by atoms with E-state index in [1.807, 2.05) is 43.3 Å². The van der Waals surface area contributed by atoms with Crippen molar-refractivity contribution in [1.29, 1.82) is 0 Å². The summed E-state index contributed by atoms with van der Waals surface area (Å²) in [4.78, 5) is 16.6. The summed E-state index contributed by atoms with van der Waals surface area (Å²) in [5, 5.41) is 7.07. The summed E-state index contributed by atoms with van der Waals surface area (Å²) >= 11 is 0. The second-order valence-electron chi connectivity index (χ2n) is 4.98. The van der Waals surface area contributed by atoms with Gasteiger partial charge < -0.3 is 5.32 Å². The molecule has 22 heavy (non-hydrogen) atoms. The van der Waals surface area contributed by atoms with E-state index >= 15 is 0 Å². The molecular formula is C17H16N4O. The van der Waals surface area contributed by atoms with Crippen LogP contribution < -0.4 is 5.32 Å². The molecular weight excluding hydrogens is 276 g/mol. The molecule has 2 heterocycles. The molecule has 0 bridgehead atoms. The van der Waals surface area contributed by atoms with Crippen molar-refractivity contribution in [2.75, 3.05) is 5.32 Å². The van der Waals surface area contributed by atoms with Gasteiger partial charge in [0.15, 0.2) is 5.82 Å². The summed E-state index contributed by atoms with van der Waals surface area (Å²) in [6.45, 7) is 2.00. The van der Waals surface area contributed by atoms with Crippen LogP contribution >= 0.6 is 0 Å². The highest BCUT2D eigenvalue weighted by Crippen LogP contribution is 2.17. The average molecular weight is 292 g/mol. The van der Waals surface area contributed by atoms with Crippen molar-refractivity contribution in [2.45, 2.75) is 13.3 Å². The predicted molar refractivity (Wildman–Crippen MR) is 84.9 cm³/mol. The Morgan fingerprint density at radius 2 is 2.00 bits per heavy atom. The number of rotatable bonds is 4. The van der Waals surface area contributed by atoms with E-state index in [9.17, 15) is 4.79 Å². The van der Waals surface area contributed by atoms with Gasteiger partial charge in [0, 0.05) is 18.6 Å². The minimum absolute atomic E-state index is 0.0734. The Morgan fingerprint density at radius 3 is 2.77 bits per heavy atom. The van der Waals surface area contributed by atoms with Crippen LogP contribution in [-0.2, 0) is 11.2 Å². The first-order valence-corrected chi connectivity index (χ1v) is 7.03. The molecule has 2 aromatic heterocycles. The molecule has 1 aromatic carbocycles. The second kappa shape index (κ2) is 6.22. The Balaban J connectivity index is 1.79. The lowest BCUT2D eigenvalue weighted by Gasteiger charge is -2.10. The summed E-state index contributed by atoms with van der Waals surface area (Å²) in [5.74, 6) is 0.529. The van der Waals surface area contributed by atoms with Crippen molar-refractivity contribution >= 4 is 11.6 Å². The first-order valence-electron chi connectivity index (χ1n) is 7.03. The number of carbonyl (C=O) groups excluding carboxylic acids is 1. The number of carbonyl (C=O) groups is 1. The molecule has 0 saturated heterocycles. The number of pyridine rings is 1. The fourth-order valence-corrected chi connectivity index (χ4v) is 2.25. The van der Waals surface area contributed by atoms with E-state index in [0.717, 1.165) is 11.1 Å². The van der Waals surface area contributed by atoms with Gasteiger partial charge in [-0.2, -0.15) is 5.10 Å². The van der Waals surface area contributed by atoms with Gasteiger partial charge in [-0.1, -0.05) is 24.3 Å². The van der Waals surface area contributed by atoms with E-state index in [-0.39, 0.29) is 5.91 Å². The predicted octanol–water partition coefficient (Wildman–Crippen LogP) is 2.76. The SMILES string of the molecule is Cc1ccccc1CC(=O)Nc1cccnc1-n1cccn1. The van der Waals surface area contributed by atoms with E-state index in [1.165, 1.54) is 0 Å². The molecule has 1 amide bonds. The standard InChI is InChI=1S/C17H16N4O/c1-13-6-2-3-7-14(13)12-16(22)20-15-8-4-9-18-17(15)21-11-5-10-19-21/h2-11H,12H2,1H3,(H,20,22). The third-order valence-electron chi connectivity index (χ3n) is 3.39. The van der Waals surface area contributed by atoms with Gasteiger partial charge in [0.1, 0.15) is 0 Å². The smallest absolute Gasteiger partial charge is 0.228 e. The minimum atomic E-state index is -0.0734. The summed E-state index contributed by atoms with van der Waals surface area (Å²) in [7, 11) is 0. The van der Waals surface area contributed by atoms with Crippen LogP contribution in [0.2, 0.25) is 0 Å². The van der Waals surface area contributed by atoms with Crippen LogP contribution in [0.4, 0.5) is 5.69 Å². The molecule has 0 spiro atoms. The maximum atomic E-state index is 12.3. The number of anilines is 1. The molecule has 3 aromatic rings. The number of hydrogen-bond donors (Lipinski definition) is 1. The molecule has 0 aliphatic heterocycles. The van der Waals surface area contributed by atoms with E-state index in [1.54, 1.807) is 29.3 Å². The topological polar surface area (TPSA) is 59.8 Å². The Morgan fingerprint density at radius 1 is 1.14 bits per heavy atom. The third kappa shape index (κ3) is 3.03. The Bertz CT molecular complexity index is 781. The van der Waals surface area contributed by atoms with Crippen molar-refractivity contribution in [3.63, 3.8) is 0 Å². The number of aromatic nitrogens is 3. The number of amides is 1. The molecule has 0 aliphatic carbocycles. The van der Waals surface area contributed by atoms with Gasteiger partial charge in [-0.05, 0) is 36.2 Å². The number of aryl methyl sites for hydroxylation is 1. The van der Waals surface area contributed by atoms with Gasteiger partial charge in [0.2, 0.25) is 5.91 Å². The zero-order valence-corrected chi connectivity index (χ0v) is 12.2. The molecule has 0 aliphatic rings. The number of nitrogens with one attached hydrogen (secondary N) is 1. The van der Waals surface area contributed by atoms with Crippen molar-refractivity contribution < 1.29 is 4.79 Å². The van der Waals surface area contributed by atoms with Crippen molar-refractivity contribution in [2.24, 2.45) is 0 Å². The molecule has 0 atom stereocenters. The maximum Gasteiger partial charge on any atom is 0.228 e. The molecule has 5 heteroatoms. The number of nitrogens with zero attached hydrogens (tertiary/aromatic N) is 3. The highest BCUT2D eigenvalue weighted by molar-refractivity contribution is 5.93. The average Bonchev–Trinajstić information content (AvgIpc) is 3.04. The minimum Gasteiger partial charge on any atom is -0.323 e.